The summed E-state index contributed by atoms with van der Waals surface area (Å²) in [5, 5.41) is 0. The fraction of sp³-hybridized carbons (Fsp3) is 0.500. The summed E-state index contributed by atoms with van der Waals surface area (Å²) in [5.41, 5.74) is 9.61. The molecule has 0 aliphatic rings. The standard InChI is InChI=1S/C14H21N3/c1-5-14(3,4)9-17-12-7-6-10(2)8-11(12)16-13(17)15/h6-8H,5,9H2,1-4H3,(H2,15,16). The molecule has 0 unspecified atom stereocenters. The number of aryl methyl sites for hydroxylation is 1. The number of benzene rings is 1. The topological polar surface area (TPSA) is 43.8 Å². The lowest BCUT2D eigenvalue weighted by atomic mass is 9.90. The number of hydrogen-bond acceptors (Lipinski definition) is 2. The monoisotopic (exact) mass is 231 g/mol. The predicted octanol–water partition coefficient (Wildman–Crippen LogP) is 3.36. The van der Waals surface area contributed by atoms with Gasteiger partial charge in [0.05, 0.1) is 11.0 Å². The van der Waals surface area contributed by atoms with Crippen molar-refractivity contribution in [2.24, 2.45) is 5.41 Å². The molecular formula is C14H21N3. The first-order valence-corrected chi connectivity index (χ1v) is 6.15. The summed E-state index contributed by atoms with van der Waals surface area (Å²) < 4.78 is 2.12. The van der Waals surface area contributed by atoms with Gasteiger partial charge in [0.2, 0.25) is 5.95 Å². The molecule has 0 saturated heterocycles. The predicted molar refractivity (Wildman–Crippen MR) is 73.0 cm³/mol. The van der Waals surface area contributed by atoms with E-state index in [1.54, 1.807) is 0 Å². The highest BCUT2D eigenvalue weighted by Gasteiger charge is 2.19. The summed E-state index contributed by atoms with van der Waals surface area (Å²) >= 11 is 0. The van der Waals surface area contributed by atoms with Crippen molar-refractivity contribution in [3.63, 3.8) is 0 Å². The molecular weight excluding hydrogens is 210 g/mol. The van der Waals surface area contributed by atoms with Gasteiger partial charge in [0.25, 0.3) is 0 Å². The molecule has 1 aromatic heterocycles. The summed E-state index contributed by atoms with van der Waals surface area (Å²) in [6, 6.07) is 6.31. The second-order valence-corrected chi connectivity index (χ2v) is 5.57. The van der Waals surface area contributed by atoms with E-state index >= 15 is 0 Å². The number of nitrogen functional groups attached to an aromatic ring is 1. The third kappa shape index (κ3) is 2.28. The SMILES string of the molecule is CCC(C)(C)Cn1c(N)nc2cc(C)ccc21. The molecule has 0 aliphatic carbocycles. The van der Waals surface area contributed by atoms with Crippen LogP contribution in [0.4, 0.5) is 5.95 Å². The molecule has 0 bridgehead atoms. The van der Waals surface area contributed by atoms with Crippen LogP contribution in [0.2, 0.25) is 0 Å². The van der Waals surface area contributed by atoms with Crippen molar-refractivity contribution in [3.05, 3.63) is 23.8 Å². The number of rotatable bonds is 3. The molecule has 92 valence electrons. The van der Waals surface area contributed by atoms with Gasteiger partial charge in [-0.05, 0) is 36.5 Å². The minimum atomic E-state index is 0.243. The van der Waals surface area contributed by atoms with Crippen molar-refractivity contribution in [2.45, 2.75) is 40.7 Å². The third-order valence-electron chi connectivity index (χ3n) is 3.48. The second-order valence-electron chi connectivity index (χ2n) is 5.57. The molecule has 0 saturated carbocycles. The van der Waals surface area contributed by atoms with Crippen molar-refractivity contribution in [1.29, 1.82) is 0 Å². The highest BCUT2D eigenvalue weighted by molar-refractivity contribution is 5.79. The van der Waals surface area contributed by atoms with Crippen molar-refractivity contribution in [2.75, 3.05) is 5.73 Å². The normalized spacial score (nSPS) is 12.2. The summed E-state index contributed by atoms with van der Waals surface area (Å²) in [7, 11) is 0. The Bertz CT molecular complexity index is 538. The Labute approximate surface area is 103 Å². The van der Waals surface area contributed by atoms with Crippen molar-refractivity contribution >= 4 is 17.0 Å². The lowest BCUT2D eigenvalue weighted by Crippen LogP contribution is -2.19. The van der Waals surface area contributed by atoms with E-state index in [1.807, 2.05) is 0 Å². The van der Waals surface area contributed by atoms with Gasteiger partial charge in [-0.3, -0.25) is 0 Å². The van der Waals surface area contributed by atoms with Gasteiger partial charge in [0.15, 0.2) is 0 Å². The van der Waals surface area contributed by atoms with E-state index in [-0.39, 0.29) is 5.41 Å². The first kappa shape index (κ1) is 12.0. The van der Waals surface area contributed by atoms with E-state index in [1.165, 1.54) is 5.56 Å². The van der Waals surface area contributed by atoms with Gasteiger partial charge < -0.3 is 10.3 Å². The van der Waals surface area contributed by atoms with Crippen LogP contribution in [0.3, 0.4) is 0 Å². The van der Waals surface area contributed by atoms with E-state index in [2.05, 4.69) is 55.4 Å². The number of imidazole rings is 1. The van der Waals surface area contributed by atoms with E-state index in [0.29, 0.717) is 5.95 Å². The quantitative estimate of drug-likeness (QED) is 0.880. The Balaban J connectivity index is 2.50. The average Bonchev–Trinajstić information content (AvgIpc) is 2.54. The van der Waals surface area contributed by atoms with Crippen molar-refractivity contribution in [3.8, 4) is 0 Å². The zero-order valence-electron chi connectivity index (χ0n) is 11.1. The molecule has 2 rings (SSSR count). The first-order valence-electron chi connectivity index (χ1n) is 6.15. The van der Waals surface area contributed by atoms with Gasteiger partial charge in [-0.15, -0.1) is 0 Å². The zero-order valence-corrected chi connectivity index (χ0v) is 11.1. The number of anilines is 1. The summed E-state index contributed by atoms with van der Waals surface area (Å²) in [5.74, 6) is 0.618. The van der Waals surface area contributed by atoms with Crippen LogP contribution in [0.1, 0.15) is 32.8 Å². The van der Waals surface area contributed by atoms with Crippen molar-refractivity contribution in [1.82, 2.24) is 9.55 Å². The Kier molecular flexibility index (Phi) is 2.86. The maximum absolute atomic E-state index is 6.02. The van der Waals surface area contributed by atoms with Gasteiger partial charge in [0, 0.05) is 6.54 Å². The molecule has 2 aromatic rings. The smallest absolute Gasteiger partial charge is 0.201 e. The van der Waals surface area contributed by atoms with Crippen LogP contribution in [0, 0.1) is 12.3 Å². The van der Waals surface area contributed by atoms with E-state index in [4.69, 9.17) is 5.73 Å². The molecule has 2 N–H and O–H groups in total. The minimum Gasteiger partial charge on any atom is -0.369 e. The van der Waals surface area contributed by atoms with Crippen LogP contribution in [0.15, 0.2) is 18.2 Å². The maximum atomic E-state index is 6.02. The molecule has 3 heteroatoms. The van der Waals surface area contributed by atoms with Crippen LogP contribution in [-0.2, 0) is 6.54 Å². The van der Waals surface area contributed by atoms with E-state index in [0.717, 1.165) is 24.0 Å². The zero-order chi connectivity index (χ0) is 12.6. The summed E-state index contributed by atoms with van der Waals surface area (Å²) in [6.45, 7) is 9.71. The molecule has 3 nitrogen and oxygen atoms in total. The fourth-order valence-electron chi connectivity index (χ4n) is 1.96. The van der Waals surface area contributed by atoms with Gasteiger partial charge in [-0.2, -0.15) is 0 Å². The number of nitrogens with zero attached hydrogens (tertiary/aromatic N) is 2. The lowest BCUT2D eigenvalue weighted by Gasteiger charge is -2.24. The summed E-state index contributed by atoms with van der Waals surface area (Å²) in [4.78, 5) is 4.43. The third-order valence-corrected chi connectivity index (χ3v) is 3.48. The number of fused-ring (bicyclic) bond motifs is 1. The Morgan fingerprint density at radius 3 is 2.71 bits per heavy atom. The highest BCUT2D eigenvalue weighted by atomic mass is 15.2. The van der Waals surface area contributed by atoms with Gasteiger partial charge >= 0.3 is 0 Å². The highest BCUT2D eigenvalue weighted by Crippen LogP contribution is 2.27. The average molecular weight is 231 g/mol. The van der Waals surface area contributed by atoms with Crippen LogP contribution in [-0.4, -0.2) is 9.55 Å². The van der Waals surface area contributed by atoms with E-state index in [9.17, 15) is 0 Å². The molecule has 0 radical (unpaired) electrons. The van der Waals surface area contributed by atoms with Crippen LogP contribution >= 0.6 is 0 Å². The van der Waals surface area contributed by atoms with Crippen LogP contribution in [0.25, 0.3) is 11.0 Å². The fourth-order valence-corrected chi connectivity index (χ4v) is 1.96. The second kappa shape index (κ2) is 4.06. The number of aromatic nitrogens is 2. The van der Waals surface area contributed by atoms with Gasteiger partial charge in [-0.1, -0.05) is 26.8 Å². The molecule has 0 aliphatic heterocycles. The molecule has 0 fully saturated rings. The molecule has 0 atom stereocenters. The largest absolute Gasteiger partial charge is 0.369 e. The number of nitrogens with two attached hydrogens (primary N) is 1. The van der Waals surface area contributed by atoms with Gasteiger partial charge in [0.1, 0.15) is 0 Å². The van der Waals surface area contributed by atoms with Crippen molar-refractivity contribution < 1.29 is 0 Å². The van der Waals surface area contributed by atoms with Crippen LogP contribution < -0.4 is 5.73 Å². The molecule has 0 amide bonds. The Morgan fingerprint density at radius 2 is 2.06 bits per heavy atom. The van der Waals surface area contributed by atoms with Crippen LogP contribution in [0.5, 0.6) is 0 Å². The molecule has 1 aromatic carbocycles. The minimum absolute atomic E-state index is 0.243. The molecule has 0 spiro atoms. The lowest BCUT2D eigenvalue weighted by molar-refractivity contribution is 0.300. The van der Waals surface area contributed by atoms with E-state index < -0.39 is 0 Å². The Morgan fingerprint density at radius 1 is 1.35 bits per heavy atom. The molecule has 17 heavy (non-hydrogen) atoms. The first-order chi connectivity index (χ1) is 7.93. The van der Waals surface area contributed by atoms with Gasteiger partial charge in [-0.25, -0.2) is 4.98 Å². The summed E-state index contributed by atoms with van der Waals surface area (Å²) in [6.07, 6.45) is 1.12. The molecule has 1 heterocycles. The number of hydrogen-bond donors (Lipinski definition) is 1. The maximum Gasteiger partial charge on any atom is 0.201 e. The Hall–Kier alpha value is -1.51.